The number of anilines is 2. The van der Waals surface area contributed by atoms with Crippen molar-refractivity contribution in [3.63, 3.8) is 0 Å². The summed E-state index contributed by atoms with van der Waals surface area (Å²) in [7, 11) is -3.74. The number of ether oxygens (including phenoxy) is 1. The van der Waals surface area contributed by atoms with Crippen molar-refractivity contribution < 1.29 is 19.4 Å². The third-order valence-corrected chi connectivity index (χ3v) is 7.11. The third-order valence-electron chi connectivity index (χ3n) is 4.62. The predicted molar refractivity (Wildman–Crippen MR) is 119 cm³/mol. The van der Waals surface area contributed by atoms with Gasteiger partial charge >= 0.3 is 0 Å². The molecule has 1 saturated heterocycles. The Morgan fingerprint density at radius 2 is 2.03 bits per heavy atom. The Morgan fingerprint density at radius 1 is 1.27 bits per heavy atom. The molecule has 0 spiro atoms. The van der Waals surface area contributed by atoms with Gasteiger partial charge in [0.2, 0.25) is 0 Å². The molecule has 0 aliphatic carbocycles. The van der Waals surface area contributed by atoms with Crippen molar-refractivity contribution in [1.82, 2.24) is 4.98 Å². The second-order valence-electron chi connectivity index (χ2n) is 6.76. The molecule has 10 heteroatoms. The summed E-state index contributed by atoms with van der Waals surface area (Å²) < 4.78 is 33.2. The zero-order chi connectivity index (χ0) is 21.3. The second-order valence-corrected chi connectivity index (χ2v) is 9.74. The topological polar surface area (TPSA) is 88.6 Å². The van der Waals surface area contributed by atoms with Gasteiger partial charge in [0.1, 0.15) is 5.75 Å². The molecule has 1 amide bonds. The summed E-state index contributed by atoms with van der Waals surface area (Å²) in [6.45, 7) is 2.39. The first kappa shape index (κ1) is 20.6. The molecular formula is C20H20ClN3O4S2. The molecule has 2 heterocycles. The van der Waals surface area contributed by atoms with Crippen molar-refractivity contribution in [2.75, 3.05) is 16.2 Å². The average Bonchev–Trinajstić information content (AvgIpc) is 3.35. The van der Waals surface area contributed by atoms with Crippen LogP contribution < -0.4 is 14.4 Å². The van der Waals surface area contributed by atoms with Crippen LogP contribution in [0.1, 0.15) is 13.4 Å². The standard InChI is InChI=1S/C20H18ClN3O4S2.H2/c1-13-2-7-16(21)18(12-13)28-17-8-10-24(19(17)25)14-3-5-15(6-4-14)30(26,27)23-20-22-9-11-29-20;/h2-7,9,11-12,17H,8,10H2,1H3,(H,22,23);1H. The molecule has 1 aromatic heterocycles. The number of hydrogen-bond donors (Lipinski definition) is 1. The molecule has 7 nitrogen and oxygen atoms in total. The zero-order valence-electron chi connectivity index (χ0n) is 15.9. The van der Waals surface area contributed by atoms with Gasteiger partial charge in [-0.25, -0.2) is 13.4 Å². The molecule has 4 rings (SSSR count). The van der Waals surface area contributed by atoms with Crippen LogP contribution >= 0.6 is 22.9 Å². The lowest BCUT2D eigenvalue weighted by Gasteiger charge is -2.18. The smallest absolute Gasteiger partial charge is 0.268 e. The quantitative estimate of drug-likeness (QED) is 0.585. The van der Waals surface area contributed by atoms with E-state index in [1.165, 1.54) is 29.7 Å². The molecule has 0 bridgehead atoms. The molecular weight excluding hydrogens is 446 g/mol. The normalized spacial score (nSPS) is 16.7. The van der Waals surface area contributed by atoms with Gasteiger partial charge in [-0.3, -0.25) is 9.52 Å². The summed E-state index contributed by atoms with van der Waals surface area (Å²) in [6.07, 6.45) is 1.39. The first-order valence-corrected chi connectivity index (χ1v) is 11.8. The number of rotatable bonds is 6. The summed E-state index contributed by atoms with van der Waals surface area (Å²) >= 11 is 7.36. The lowest BCUT2D eigenvalue weighted by atomic mass is 10.2. The summed E-state index contributed by atoms with van der Waals surface area (Å²) in [5, 5.41) is 2.43. The van der Waals surface area contributed by atoms with Crippen molar-refractivity contribution in [3.05, 3.63) is 64.6 Å². The Labute approximate surface area is 184 Å². The maximum atomic E-state index is 12.8. The van der Waals surface area contributed by atoms with E-state index in [9.17, 15) is 13.2 Å². The SMILES string of the molecule is Cc1ccc(Cl)c(OC2CCN(c3ccc(S(=O)(=O)Nc4nccs4)cc3)C2=O)c1.[HH]. The summed E-state index contributed by atoms with van der Waals surface area (Å²) in [6, 6.07) is 11.5. The molecule has 2 aromatic carbocycles. The van der Waals surface area contributed by atoms with Crippen molar-refractivity contribution in [3.8, 4) is 5.75 Å². The van der Waals surface area contributed by atoms with Gasteiger partial charge in [0, 0.05) is 31.7 Å². The van der Waals surface area contributed by atoms with E-state index in [1.807, 2.05) is 13.0 Å². The van der Waals surface area contributed by atoms with Gasteiger partial charge in [-0.2, -0.15) is 0 Å². The molecule has 1 N–H and O–H groups in total. The van der Waals surface area contributed by atoms with Gasteiger partial charge in [-0.05, 0) is 48.9 Å². The Morgan fingerprint density at radius 3 is 2.73 bits per heavy atom. The van der Waals surface area contributed by atoms with Crippen LogP contribution in [0, 0.1) is 6.92 Å². The first-order chi connectivity index (χ1) is 14.3. The van der Waals surface area contributed by atoms with Crippen LogP contribution in [0.3, 0.4) is 0 Å². The fraction of sp³-hybridized carbons (Fsp3) is 0.200. The predicted octanol–water partition coefficient (Wildman–Crippen LogP) is 4.34. The van der Waals surface area contributed by atoms with Crippen LogP contribution in [0.4, 0.5) is 10.8 Å². The monoisotopic (exact) mass is 465 g/mol. The van der Waals surface area contributed by atoms with E-state index in [0.29, 0.717) is 34.6 Å². The highest BCUT2D eigenvalue weighted by molar-refractivity contribution is 7.93. The largest absolute Gasteiger partial charge is 0.479 e. The Balaban J connectivity index is 0.00000272. The Kier molecular flexibility index (Phi) is 5.68. The maximum Gasteiger partial charge on any atom is 0.268 e. The highest BCUT2D eigenvalue weighted by Gasteiger charge is 2.34. The number of nitrogens with zero attached hydrogens (tertiary/aromatic N) is 2. The number of amides is 1. The number of benzene rings is 2. The fourth-order valence-corrected chi connectivity index (χ4v) is 5.08. The van der Waals surface area contributed by atoms with Crippen LogP contribution in [-0.2, 0) is 14.8 Å². The van der Waals surface area contributed by atoms with Gasteiger partial charge in [0.25, 0.3) is 15.9 Å². The minimum absolute atomic E-state index is 0. The maximum absolute atomic E-state index is 12.8. The van der Waals surface area contributed by atoms with Crippen LogP contribution in [0.5, 0.6) is 5.75 Å². The summed E-state index contributed by atoms with van der Waals surface area (Å²) in [5.41, 5.74) is 1.59. The minimum atomic E-state index is -3.74. The molecule has 158 valence electrons. The molecule has 0 saturated carbocycles. The van der Waals surface area contributed by atoms with E-state index in [4.69, 9.17) is 16.3 Å². The van der Waals surface area contributed by atoms with Gasteiger partial charge in [-0.1, -0.05) is 17.7 Å². The number of aromatic nitrogens is 1. The fourth-order valence-electron chi connectivity index (χ4n) is 3.13. The van der Waals surface area contributed by atoms with Crippen LogP contribution in [0.15, 0.2) is 58.9 Å². The molecule has 1 aliphatic rings. The van der Waals surface area contributed by atoms with Gasteiger partial charge in [0.15, 0.2) is 11.2 Å². The first-order valence-electron chi connectivity index (χ1n) is 9.10. The molecule has 1 atom stereocenters. The summed E-state index contributed by atoms with van der Waals surface area (Å²) in [5.74, 6) is 0.288. The second kappa shape index (κ2) is 8.25. The molecule has 3 aromatic rings. The molecule has 0 radical (unpaired) electrons. The highest BCUT2D eigenvalue weighted by atomic mass is 35.5. The van der Waals surface area contributed by atoms with E-state index in [0.717, 1.165) is 5.56 Å². The Bertz CT molecular complexity index is 1170. The van der Waals surface area contributed by atoms with Gasteiger partial charge in [0.05, 0.1) is 9.92 Å². The Hall–Kier alpha value is -2.62. The van der Waals surface area contributed by atoms with Crippen LogP contribution in [-0.4, -0.2) is 32.0 Å². The van der Waals surface area contributed by atoms with Crippen molar-refractivity contribution in [2.24, 2.45) is 0 Å². The third kappa shape index (κ3) is 4.28. The number of carbonyl (C=O) groups excluding carboxylic acids is 1. The average molecular weight is 466 g/mol. The van der Waals surface area contributed by atoms with Crippen LogP contribution in [0.2, 0.25) is 5.02 Å². The van der Waals surface area contributed by atoms with Crippen molar-refractivity contribution in [2.45, 2.75) is 24.3 Å². The number of aryl methyl sites for hydroxylation is 1. The lowest BCUT2D eigenvalue weighted by molar-refractivity contribution is -0.122. The van der Waals surface area contributed by atoms with Gasteiger partial charge in [-0.15, -0.1) is 11.3 Å². The molecule has 1 unspecified atom stereocenters. The molecule has 30 heavy (non-hydrogen) atoms. The van der Waals surface area contributed by atoms with E-state index in [-0.39, 0.29) is 12.2 Å². The zero-order valence-corrected chi connectivity index (χ0v) is 18.3. The van der Waals surface area contributed by atoms with E-state index >= 15 is 0 Å². The minimum Gasteiger partial charge on any atom is -0.479 e. The highest BCUT2D eigenvalue weighted by Crippen LogP contribution is 2.30. The number of halogens is 1. The number of thiazole rings is 1. The summed E-state index contributed by atoms with van der Waals surface area (Å²) in [4.78, 5) is 18.4. The number of nitrogens with one attached hydrogen (secondary N) is 1. The van der Waals surface area contributed by atoms with Crippen LogP contribution in [0.25, 0.3) is 0 Å². The van der Waals surface area contributed by atoms with Gasteiger partial charge < -0.3 is 9.64 Å². The van der Waals surface area contributed by atoms with Crippen molar-refractivity contribution >= 4 is 49.7 Å². The number of carbonyl (C=O) groups is 1. The van der Waals surface area contributed by atoms with Crippen molar-refractivity contribution in [1.29, 1.82) is 0 Å². The van der Waals surface area contributed by atoms with E-state index in [2.05, 4.69) is 9.71 Å². The molecule has 1 aliphatic heterocycles. The van der Waals surface area contributed by atoms with E-state index < -0.39 is 16.1 Å². The molecule has 1 fully saturated rings. The van der Waals surface area contributed by atoms with E-state index in [1.54, 1.807) is 34.5 Å². The number of hydrogen-bond acceptors (Lipinski definition) is 6. The number of sulfonamides is 1. The lowest BCUT2D eigenvalue weighted by Crippen LogP contribution is -2.32.